The quantitative estimate of drug-likeness (QED) is 0.925. The fraction of sp³-hybridized carbons (Fsp3) is 0.368. The van der Waals surface area contributed by atoms with Crippen LogP contribution in [0.15, 0.2) is 30.3 Å². The van der Waals surface area contributed by atoms with E-state index in [9.17, 15) is 5.11 Å². The van der Waals surface area contributed by atoms with Crippen molar-refractivity contribution in [2.45, 2.75) is 25.4 Å². The molecule has 0 saturated heterocycles. The zero-order valence-electron chi connectivity index (χ0n) is 13.5. The van der Waals surface area contributed by atoms with Crippen LogP contribution in [-0.2, 0) is 19.4 Å². The van der Waals surface area contributed by atoms with E-state index in [4.69, 9.17) is 9.47 Å². The van der Waals surface area contributed by atoms with Gasteiger partial charge in [-0.15, -0.1) is 0 Å². The first-order chi connectivity index (χ1) is 11.2. The highest BCUT2D eigenvalue weighted by Crippen LogP contribution is 2.43. The van der Waals surface area contributed by atoms with Crippen LogP contribution in [0.25, 0.3) is 0 Å². The Morgan fingerprint density at radius 1 is 1.09 bits per heavy atom. The van der Waals surface area contributed by atoms with Crippen LogP contribution in [-0.4, -0.2) is 30.8 Å². The Labute approximate surface area is 136 Å². The molecule has 1 atom stereocenters. The molecular formula is C19H21NO3. The predicted molar refractivity (Wildman–Crippen MR) is 88.2 cm³/mol. The van der Waals surface area contributed by atoms with Crippen LogP contribution in [0.4, 0.5) is 0 Å². The topological polar surface area (TPSA) is 41.9 Å². The Kier molecular flexibility index (Phi) is 3.42. The number of nitrogens with zero attached hydrogens (tertiary/aromatic N) is 1. The number of rotatable bonds is 2. The van der Waals surface area contributed by atoms with Gasteiger partial charge in [0.05, 0.1) is 14.2 Å². The Balaban J connectivity index is 1.75. The second-order valence-corrected chi connectivity index (χ2v) is 6.26. The van der Waals surface area contributed by atoms with Crippen LogP contribution in [0.1, 0.15) is 28.3 Å². The van der Waals surface area contributed by atoms with Crippen molar-refractivity contribution < 1.29 is 14.6 Å². The summed E-state index contributed by atoms with van der Waals surface area (Å²) in [4.78, 5) is 2.49. The van der Waals surface area contributed by atoms with E-state index in [1.165, 1.54) is 16.7 Å². The van der Waals surface area contributed by atoms with E-state index in [0.29, 0.717) is 11.8 Å². The summed E-state index contributed by atoms with van der Waals surface area (Å²) < 4.78 is 10.8. The van der Waals surface area contributed by atoms with Gasteiger partial charge in [-0.05, 0) is 47.7 Å². The van der Waals surface area contributed by atoms with Gasteiger partial charge < -0.3 is 14.6 Å². The SMILES string of the molecule is COc1ccc2c(c1)CCN1Cc3c(ccc(O)c3OC)CC21. The third kappa shape index (κ3) is 2.25. The summed E-state index contributed by atoms with van der Waals surface area (Å²) in [5, 5.41) is 10.0. The number of aromatic hydroxyl groups is 1. The van der Waals surface area contributed by atoms with Gasteiger partial charge >= 0.3 is 0 Å². The van der Waals surface area contributed by atoms with E-state index in [1.54, 1.807) is 20.3 Å². The maximum atomic E-state index is 10.0. The molecule has 0 bridgehead atoms. The summed E-state index contributed by atoms with van der Waals surface area (Å²) in [5.74, 6) is 1.79. The van der Waals surface area contributed by atoms with Crippen molar-refractivity contribution in [3.8, 4) is 17.2 Å². The highest BCUT2D eigenvalue weighted by atomic mass is 16.5. The molecule has 23 heavy (non-hydrogen) atoms. The van der Waals surface area contributed by atoms with Gasteiger partial charge in [0.25, 0.3) is 0 Å². The number of ether oxygens (including phenoxy) is 2. The van der Waals surface area contributed by atoms with Gasteiger partial charge in [-0.2, -0.15) is 0 Å². The maximum Gasteiger partial charge on any atom is 0.165 e. The molecule has 2 aliphatic heterocycles. The molecule has 0 radical (unpaired) electrons. The second-order valence-electron chi connectivity index (χ2n) is 6.26. The molecule has 0 fully saturated rings. The molecule has 0 aromatic heterocycles. The van der Waals surface area contributed by atoms with E-state index in [2.05, 4.69) is 23.1 Å². The highest BCUT2D eigenvalue weighted by Gasteiger charge is 2.33. The van der Waals surface area contributed by atoms with Crippen molar-refractivity contribution in [1.29, 1.82) is 0 Å². The minimum atomic E-state index is 0.229. The lowest BCUT2D eigenvalue weighted by molar-refractivity contribution is 0.157. The molecule has 0 spiro atoms. The first kappa shape index (κ1) is 14.4. The molecular weight excluding hydrogens is 290 g/mol. The fourth-order valence-electron chi connectivity index (χ4n) is 3.96. The molecule has 0 aliphatic carbocycles. The molecule has 1 unspecified atom stereocenters. The fourth-order valence-corrected chi connectivity index (χ4v) is 3.96. The number of hydrogen-bond donors (Lipinski definition) is 1. The first-order valence-electron chi connectivity index (χ1n) is 8.00. The molecule has 2 heterocycles. The van der Waals surface area contributed by atoms with Gasteiger partial charge in [0.1, 0.15) is 5.75 Å². The van der Waals surface area contributed by atoms with Gasteiger partial charge in [0.2, 0.25) is 0 Å². The summed E-state index contributed by atoms with van der Waals surface area (Å²) in [6, 6.07) is 10.6. The lowest BCUT2D eigenvalue weighted by atomic mass is 9.83. The van der Waals surface area contributed by atoms with Gasteiger partial charge in [-0.25, -0.2) is 0 Å². The molecule has 2 aliphatic rings. The molecule has 4 nitrogen and oxygen atoms in total. The number of benzene rings is 2. The maximum absolute atomic E-state index is 10.0. The standard InChI is InChI=1S/C19H21NO3/c1-22-14-4-5-15-13(9-14)7-8-20-11-16-12(10-17(15)20)3-6-18(21)19(16)23-2/h3-6,9,17,21H,7-8,10-11H2,1-2H3. The lowest BCUT2D eigenvalue weighted by Gasteiger charge is -2.41. The van der Waals surface area contributed by atoms with Crippen molar-refractivity contribution in [2.24, 2.45) is 0 Å². The monoisotopic (exact) mass is 311 g/mol. The van der Waals surface area contributed by atoms with Crippen LogP contribution in [0.3, 0.4) is 0 Å². The van der Waals surface area contributed by atoms with E-state index in [-0.39, 0.29) is 5.75 Å². The molecule has 0 saturated carbocycles. The van der Waals surface area contributed by atoms with Crippen LogP contribution < -0.4 is 9.47 Å². The van der Waals surface area contributed by atoms with E-state index in [0.717, 1.165) is 37.2 Å². The van der Waals surface area contributed by atoms with Crippen LogP contribution in [0.2, 0.25) is 0 Å². The van der Waals surface area contributed by atoms with Crippen LogP contribution in [0, 0.1) is 0 Å². The van der Waals surface area contributed by atoms with Gasteiger partial charge in [-0.1, -0.05) is 12.1 Å². The summed E-state index contributed by atoms with van der Waals surface area (Å²) in [7, 11) is 3.34. The Bertz CT molecular complexity index is 757. The Morgan fingerprint density at radius 3 is 2.74 bits per heavy atom. The highest BCUT2D eigenvalue weighted by molar-refractivity contribution is 5.52. The van der Waals surface area contributed by atoms with E-state index < -0.39 is 0 Å². The van der Waals surface area contributed by atoms with E-state index in [1.807, 2.05) is 6.07 Å². The molecule has 4 heteroatoms. The van der Waals surface area contributed by atoms with Crippen LogP contribution in [0.5, 0.6) is 17.2 Å². The first-order valence-corrected chi connectivity index (χ1v) is 8.00. The largest absolute Gasteiger partial charge is 0.504 e. The summed E-state index contributed by atoms with van der Waals surface area (Å²) in [5.41, 5.74) is 5.18. The lowest BCUT2D eigenvalue weighted by Crippen LogP contribution is -2.39. The molecule has 1 N–H and O–H groups in total. The van der Waals surface area contributed by atoms with E-state index >= 15 is 0 Å². The number of methoxy groups -OCH3 is 2. The van der Waals surface area contributed by atoms with Crippen LogP contribution >= 0.6 is 0 Å². The van der Waals surface area contributed by atoms with Crippen molar-refractivity contribution in [1.82, 2.24) is 4.90 Å². The Morgan fingerprint density at radius 2 is 1.96 bits per heavy atom. The molecule has 4 rings (SSSR count). The van der Waals surface area contributed by atoms with Gasteiger partial charge in [0, 0.05) is 24.7 Å². The normalized spacial score (nSPS) is 19.5. The van der Waals surface area contributed by atoms with Crippen molar-refractivity contribution in [2.75, 3.05) is 20.8 Å². The zero-order valence-corrected chi connectivity index (χ0v) is 13.5. The summed E-state index contributed by atoms with van der Waals surface area (Å²) in [6.45, 7) is 1.84. The third-order valence-corrected chi connectivity index (χ3v) is 5.13. The number of phenols is 1. The average Bonchev–Trinajstić information content (AvgIpc) is 2.59. The van der Waals surface area contributed by atoms with Crippen molar-refractivity contribution in [3.05, 3.63) is 52.6 Å². The number of phenolic OH excluding ortho intramolecular Hbond substituents is 1. The van der Waals surface area contributed by atoms with Gasteiger partial charge in [-0.3, -0.25) is 4.90 Å². The second kappa shape index (κ2) is 5.46. The summed E-state index contributed by atoms with van der Waals surface area (Å²) >= 11 is 0. The van der Waals surface area contributed by atoms with Gasteiger partial charge in [0.15, 0.2) is 11.5 Å². The number of hydrogen-bond acceptors (Lipinski definition) is 4. The smallest absolute Gasteiger partial charge is 0.165 e. The van der Waals surface area contributed by atoms with Crippen molar-refractivity contribution in [3.63, 3.8) is 0 Å². The third-order valence-electron chi connectivity index (χ3n) is 5.13. The number of fused-ring (bicyclic) bond motifs is 4. The summed E-state index contributed by atoms with van der Waals surface area (Å²) in [6.07, 6.45) is 1.98. The predicted octanol–water partition coefficient (Wildman–Crippen LogP) is 3.06. The minimum absolute atomic E-state index is 0.229. The Hall–Kier alpha value is -2.20. The molecule has 2 aromatic carbocycles. The minimum Gasteiger partial charge on any atom is -0.504 e. The average molecular weight is 311 g/mol. The molecule has 0 amide bonds. The zero-order chi connectivity index (χ0) is 16.0. The molecule has 2 aromatic rings. The van der Waals surface area contributed by atoms with Crippen molar-refractivity contribution >= 4 is 0 Å². The molecule has 120 valence electrons.